The lowest BCUT2D eigenvalue weighted by molar-refractivity contribution is 0.00707. The molecule has 0 aromatic heterocycles. The van der Waals surface area contributed by atoms with Gasteiger partial charge in [-0.25, -0.2) is 0 Å². The van der Waals surface area contributed by atoms with Crippen molar-refractivity contribution in [1.82, 2.24) is 0 Å². The maximum absolute atomic E-state index is 4.61. The summed E-state index contributed by atoms with van der Waals surface area (Å²) >= 11 is 0. The average molecular weight is 213 g/mol. The Balaban J connectivity index is 2.11. The van der Waals surface area contributed by atoms with Gasteiger partial charge in [0.15, 0.2) is 0 Å². The third-order valence-corrected chi connectivity index (χ3v) is 4.82. The van der Waals surface area contributed by atoms with Crippen LogP contribution in [-0.4, -0.2) is 6.21 Å². The number of allylic oxidation sites excluding steroid dienone is 5. The first kappa shape index (κ1) is 10.1. The molecule has 16 heavy (non-hydrogen) atoms. The van der Waals surface area contributed by atoms with Gasteiger partial charge in [0.1, 0.15) is 0 Å². The molecule has 1 saturated carbocycles. The summed E-state index contributed by atoms with van der Waals surface area (Å²) in [4.78, 5) is 4.61. The quantitative estimate of drug-likeness (QED) is 0.588. The largest absolute Gasteiger partial charge is 0.261 e. The number of dihydropyridines is 1. The number of hydrogen-bond donors (Lipinski definition) is 0. The molecule has 0 radical (unpaired) electrons. The maximum Gasteiger partial charge on any atom is 0.0478 e. The van der Waals surface area contributed by atoms with Crippen LogP contribution in [0.5, 0.6) is 0 Å². The molecular formula is C15H19N. The monoisotopic (exact) mass is 213 g/mol. The zero-order valence-corrected chi connectivity index (χ0v) is 10.3. The van der Waals surface area contributed by atoms with Crippen molar-refractivity contribution in [2.75, 3.05) is 0 Å². The van der Waals surface area contributed by atoms with Gasteiger partial charge in [0, 0.05) is 22.7 Å². The molecular weight excluding hydrogens is 194 g/mol. The van der Waals surface area contributed by atoms with Crippen LogP contribution in [0.25, 0.3) is 0 Å². The highest BCUT2D eigenvalue weighted by Gasteiger charge is 2.63. The number of hydrogen-bond acceptors (Lipinski definition) is 1. The van der Waals surface area contributed by atoms with Crippen molar-refractivity contribution in [3.05, 3.63) is 36.1 Å². The first-order chi connectivity index (χ1) is 7.63. The Labute approximate surface area is 97.7 Å². The van der Waals surface area contributed by atoms with Crippen LogP contribution in [-0.2, 0) is 0 Å². The highest BCUT2D eigenvalue weighted by atomic mass is 14.9. The molecule has 0 N–H and O–H groups in total. The maximum atomic E-state index is 4.61. The lowest BCUT2D eigenvalue weighted by Gasteiger charge is -2.55. The minimum atomic E-state index is 0.211. The summed E-state index contributed by atoms with van der Waals surface area (Å²) in [5.41, 5.74) is 1.77. The van der Waals surface area contributed by atoms with Crippen molar-refractivity contribution in [1.29, 1.82) is 0 Å². The molecule has 1 fully saturated rings. The van der Waals surface area contributed by atoms with Gasteiger partial charge >= 0.3 is 0 Å². The smallest absolute Gasteiger partial charge is 0.0478 e. The fourth-order valence-corrected chi connectivity index (χ4v) is 4.01. The normalized spacial score (nSPS) is 48.8. The van der Waals surface area contributed by atoms with E-state index in [2.05, 4.69) is 56.1 Å². The van der Waals surface area contributed by atoms with Crippen LogP contribution in [0, 0.1) is 22.7 Å². The molecule has 4 unspecified atom stereocenters. The fraction of sp³-hybridized carbons (Fsp3) is 0.533. The van der Waals surface area contributed by atoms with Crippen molar-refractivity contribution in [2.45, 2.75) is 27.2 Å². The Bertz CT molecular complexity index is 440. The third-order valence-electron chi connectivity index (χ3n) is 4.82. The Morgan fingerprint density at radius 1 is 1.50 bits per heavy atom. The number of aliphatic imine (C=N–C) groups is 1. The van der Waals surface area contributed by atoms with E-state index in [0.29, 0.717) is 0 Å². The fourth-order valence-electron chi connectivity index (χ4n) is 4.01. The second-order valence-corrected chi connectivity index (χ2v) is 5.66. The van der Waals surface area contributed by atoms with E-state index in [0.717, 1.165) is 11.8 Å². The summed E-state index contributed by atoms with van der Waals surface area (Å²) in [5, 5.41) is 0. The van der Waals surface area contributed by atoms with E-state index < -0.39 is 0 Å². The zero-order chi connectivity index (χ0) is 11.4. The molecule has 1 heteroatoms. The van der Waals surface area contributed by atoms with E-state index in [-0.39, 0.29) is 10.8 Å². The van der Waals surface area contributed by atoms with Crippen LogP contribution in [0.4, 0.5) is 0 Å². The molecule has 1 spiro atoms. The first-order valence-corrected chi connectivity index (χ1v) is 6.22. The summed E-state index contributed by atoms with van der Waals surface area (Å²) in [6.45, 7) is 6.82. The zero-order valence-electron chi connectivity index (χ0n) is 10.3. The molecule has 2 aliphatic carbocycles. The Morgan fingerprint density at radius 2 is 2.31 bits per heavy atom. The summed E-state index contributed by atoms with van der Waals surface area (Å²) in [6, 6.07) is 0. The third kappa shape index (κ3) is 0.946. The van der Waals surface area contributed by atoms with Crippen molar-refractivity contribution >= 4 is 6.21 Å². The van der Waals surface area contributed by atoms with Gasteiger partial charge < -0.3 is 0 Å². The van der Waals surface area contributed by atoms with Gasteiger partial charge in [-0.1, -0.05) is 38.2 Å². The second-order valence-electron chi connectivity index (χ2n) is 5.66. The molecule has 1 aliphatic heterocycles. The molecule has 84 valence electrons. The lowest BCUT2D eigenvalue weighted by atomic mass is 9.49. The molecule has 0 bridgehead atoms. The van der Waals surface area contributed by atoms with Gasteiger partial charge in [0.2, 0.25) is 0 Å². The topological polar surface area (TPSA) is 12.4 Å². The summed E-state index contributed by atoms with van der Waals surface area (Å²) in [5.74, 6) is 1.46. The molecule has 0 amide bonds. The van der Waals surface area contributed by atoms with Crippen molar-refractivity contribution < 1.29 is 0 Å². The molecule has 1 nitrogen and oxygen atoms in total. The Kier molecular flexibility index (Phi) is 1.87. The highest BCUT2D eigenvalue weighted by Crippen LogP contribution is 2.69. The van der Waals surface area contributed by atoms with E-state index in [1.54, 1.807) is 0 Å². The van der Waals surface area contributed by atoms with Crippen LogP contribution >= 0.6 is 0 Å². The van der Waals surface area contributed by atoms with E-state index >= 15 is 0 Å². The lowest BCUT2D eigenvalue weighted by Crippen LogP contribution is -2.49. The van der Waals surface area contributed by atoms with Crippen LogP contribution in [0.1, 0.15) is 27.2 Å². The van der Waals surface area contributed by atoms with E-state index in [1.165, 1.54) is 12.1 Å². The molecule has 0 saturated heterocycles. The molecule has 0 aromatic rings. The van der Waals surface area contributed by atoms with Crippen molar-refractivity contribution in [3.63, 3.8) is 0 Å². The Morgan fingerprint density at radius 3 is 2.94 bits per heavy atom. The van der Waals surface area contributed by atoms with Crippen molar-refractivity contribution in [3.8, 4) is 0 Å². The van der Waals surface area contributed by atoms with E-state index in [1.807, 2.05) is 6.21 Å². The van der Waals surface area contributed by atoms with Crippen LogP contribution < -0.4 is 0 Å². The van der Waals surface area contributed by atoms with Crippen LogP contribution in [0.2, 0.25) is 0 Å². The van der Waals surface area contributed by atoms with Crippen LogP contribution in [0.15, 0.2) is 41.1 Å². The average Bonchev–Trinajstić information content (AvgIpc) is 2.45. The molecule has 3 aliphatic rings. The van der Waals surface area contributed by atoms with Gasteiger partial charge in [-0.2, -0.15) is 0 Å². The van der Waals surface area contributed by atoms with Crippen LogP contribution in [0.3, 0.4) is 0 Å². The minimum absolute atomic E-state index is 0.211. The SMILES string of the molecule is C/C=C\C1(C)C=C2N=CC=CC23C(C)CC13. The summed E-state index contributed by atoms with van der Waals surface area (Å²) < 4.78 is 0. The van der Waals surface area contributed by atoms with E-state index in [9.17, 15) is 0 Å². The standard InChI is InChI=1S/C15H19N/c1-4-6-14(3)10-13-15(7-5-8-16-13)11(2)9-12(14)15/h4-8,10-12H,9H2,1-3H3/b6-4-. The number of nitrogens with zero attached hydrogens (tertiary/aromatic N) is 1. The molecule has 1 heterocycles. The molecule has 4 atom stereocenters. The van der Waals surface area contributed by atoms with Gasteiger partial charge in [-0.15, -0.1) is 0 Å². The summed E-state index contributed by atoms with van der Waals surface area (Å²) in [7, 11) is 0. The predicted molar refractivity (Wildman–Crippen MR) is 68.3 cm³/mol. The highest BCUT2D eigenvalue weighted by molar-refractivity contribution is 5.75. The summed E-state index contributed by atoms with van der Waals surface area (Å²) in [6.07, 6.45) is 14.7. The molecule has 0 aromatic carbocycles. The van der Waals surface area contributed by atoms with Gasteiger partial charge in [-0.3, -0.25) is 4.99 Å². The second kappa shape index (κ2) is 2.97. The van der Waals surface area contributed by atoms with Gasteiger partial charge in [-0.05, 0) is 31.3 Å². The van der Waals surface area contributed by atoms with Gasteiger partial charge in [0.05, 0.1) is 0 Å². The van der Waals surface area contributed by atoms with E-state index in [4.69, 9.17) is 0 Å². The predicted octanol–water partition coefficient (Wildman–Crippen LogP) is 3.75. The van der Waals surface area contributed by atoms with Crippen molar-refractivity contribution in [2.24, 2.45) is 27.7 Å². The molecule has 3 rings (SSSR count). The van der Waals surface area contributed by atoms with Gasteiger partial charge in [0.25, 0.3) is 0 Å². The number of rotatable bonds is 1. The minimum Gasteiger partial charge on any atom is -0.261 e. The first-order valence-electron chi connectivity index (χ1n) is 6.22. The Hall–Kier alpha value is -1.11.